The van der Waals surface area contributed by atoms with Crippen molar-refractivity contribution in [3.8, 4) is 11.6 Å². The number of nitrogens with zero attached hydrogens (tertiary/aromatic N) is 4. The molecule has 1 unspecified atom stereocenters. The van der Waals surface area contributed by atoms with Crippen LogP contribution in [0.4, 0.5) is 5.69 Å². The van der Waals surface area contributed by atoms with Crippen LogP contribution >= 0.6 is 0 Å². The Kier molecular flexibility index (Phi) is 8.33. The zero-order chi connectivity index (χ0) is 29.9. The molecule has 9 heteroatoms. The lowest BCUT2D eigenvalue weighted by molar-refractivity contribution is -0.143. The van der Waals surface area contributed by atoms with E-state index in [-0.39, 0.29) is 24.2 Å². The molecule has 0 bridgehead atoms. The van der Waals surface area contributed by atoms with Crippen LogP contribution in [0.3, 0.4) is 0 Å². The Morgan fingerprint density at radius 2 is 2.00 bits per heavy atom. The minimum absolute atomic E-state index is 0.0758. The van der Waals surface area contributed by atoms with Gasteiger partial charge in [0, 0.05) is 61.2 Å². The fraction of sp³-hybridized carbons (Fsp3) is 0.382. The SMILES string of the molecule is CCCCN(C(=O)CN1C[C@H](c2ccc3c(c2)CCO3)C(C(=O)O)[C@@H]1CCn1cc2ccccc2c1O)c1cccnc1. The van der Waals surface area contributed by atoms with Gasteiger partial charge in [-0.3, -0.25) is 19.5 Å². The highest BCUT2D eigenvalue weighted by atomic mass is 16.5. The number of carbonyl (C=O) groups excluding carboxylic acids is 1. The lowest BCUT2D eigenvalue weighted by atomic mass is 9.83. The average molecular weight is 583 g/mol. The van der Waals surface area contributed by atoms with Gasteiger partial charge in [-0.1, -0.05) is 43.7 Å². The molecule has 1 saturated heterocycles. The van der Waals surface area contributed by atoms with Crippen LogP contribution in [0.1, 0.15) is 43.2 Å². The number of unbranched alkanes of at least 4 members (excludes halogenated alkanes) is 1. The van der Waals surface area contributed by atoms with Crippen LogP contribution in [0.25, 0.3) is 10.8 Å². The molecule has 2 N–H and O–H groups in total. The molecule has 2 aromatic heterocycles. The summed E-state index contributed by atoms with van der Waals surface area (Å²) in [5, 5.41) is 23.2. The summed E-state index contributed by atoms with van der Waals surface area (Å²) in [5.41, 5.74) is 2.80. The standard InChI is InChI=1S/C34H38N4O5/c1-2-3-15-38(26-8-6-14-35-19-26)31(39)22-37-21-28(23-10-11-30-24(18-23)13-17-43-30)32(34(41)42)29(37)12-16-36-20-25-7-4-5-9-27(25)33(36)40/h4-11,14,18-20,28-29,32,40H,2-3,12-13,15-17,21-22H2,1H3,(H,41,42)/t28-,29+,32?/m1/s1. The van der Waals surface area contributed by atoms with E-state index in [2.05, 4.69) is 18.0 Å². The smallest absolute Gasteiger partial charge is 0.308 e. The van der Waals surface area contributed by atoms with Crippen LogP contribution in [0.5, 0.6) is 11.6 Å². The topological polar surface area (TPSA) is 108 Å². The lowest BCUT2D eigenvalue weighted by Gasteiger charge is -2.30. The van der Waals surface area contributed by atoms with Gasteiger partial charge in [0.1, 0.15) is 5.75 Å². The highest BCUT2D eigenvalue weighted by molar-refractivity contribution is 5.94. The zero-order valence-electron chi connectivity index (χ0n) is 24.4. The molecule has 4 heterocycles. The molecule has 0 aliphatic carbocycles. The molecule has 6 rings (SSSR count). The van der Waals surface area contributed by atoms with E-state index in [1.54, 1.807) is 21.9 Å². The highest BCUT2D eigenvalue weighted by Gasteiger charge is 2.47. The summed E-state index contributed by atoms with van der Waals surface area (Å²) >= 11 is 0. The Bertz CT molecular complexity index is 1600. The number of aliphatic carboxylic acids is 1. The number of amides is 1. The number of fused-ring (bicyclic) bond motifs is 2. The number of pyridine rings is 1. The third-order valence-electron chi connectivity index (χ3n) is 8.94. The second kappa shape index (κ2) is 12.5. The van der Waals surface area contributed by atoms with Gasteiger partial charge in [0.15, 0.2) is 5.88 Å². The fourth-order valence-electron chi connectivity index (χ4n) is 6.75. The molecule has 4 aromatic rings. The van der Waals surface area contributed by atoms with E-state index in [1.807, 2.05) is 59.6 Å². The maximum Gasteiger partial charge on any atom is 0.308 e. The minimum atomic E-state index is -0.876. The van der Waals surface area contributed by atoms with Crippen LogP contribution in [0, 0.1) is 5.92 Å². The molecular weight excluding hydrogens is 544 g/mol. The van der Waals surface area contributed by atoms with E-state index >= 15 is 0 Å². The predicted molar refractivity (Wildman–Crippen MR) is 165 cm³/mol. The number of hydrogen-bond donors (Lipinski definition) is 2. The van der Waals surface area contributed by atoms with Crippen molar-refractivity contribution in [1.29, 1.82) is 0 Å². The molecule has 3 atom stereocenters. The first-order chi connectivity index (χ1) is 20.9. The molecule has 43 heavy (non-hydrogen) atoms. The highest BCUT2D eigenvalue weighted by Crippen LogP contribution is 2.41. The van der Waals surface area contributed by atoms with E-state index < -0.39 is 17.9 Å². The average Bonchev–Trinajstić information content (AvgIpc) is 3.72. The minimum Gasteiger partial charge on any atom is -0.494 e. The molecule has 1 amide bonds. The molecule has 0 radical (unpaired) electrons. The first kappa shape index (κ1) is 28.7. The molecule has 2 aromatic carbocycles. The van der Waals surface area contributed by atoms with Crippen molar-refractivity contribution in [2.75, 3.05) is 31.1 Å². The number of anilines is 1. The number of aryl methyl sites for hydroxylation is 1. The van der Waals surface area contributed by atoms with Crippen molar-refractivity contribution in [3.63, 3.8) is 0 Å². The summed E-state index contributed by atoms with van der Waals surface area (Å²) < 4.78 is 7.49. The summed E-state index contributed by atoms with van der Waals surface area (Å²) in [4.78, 5) is 34.9. The van der Waals surface area contributed by atoms with Gasteiger partial charge >= 0.3 is 5.97 Å². The summed E-state index contributed by atoms with van der Waals surface area (Å²) in [7, 11) is 0. The Morgan fingerprint density at radius 3 is 2.77 bits per heavy atom. The third kappa shape index (κ3) is 5.82. The van der Waals surface area contributed by atoms with Gasteiger partial charge in [0.2, 0.25) is 5.91 Å². The van der Waals surface area contributed by atoms with Crippen molar-refractivity contribution in [2.24, 2.45) is 5.92 Å². The van der Waals surface area contributed by atoms with Crippen LogP contribution in [-0.2, 0) is 22.6 Å². The molecule has 2 aliphatic heterocycles. The van der Waals surface area contributed by atoms with Crippen LogP contribution in [0.2, 0.25) is 0 Å². The monoisotopic (exact) mass is 582 g/mol. The van der Waals surface area contributed by atoms with Crippen molar-refractivity contribution in [1.82, 2.24) is 14.5 Å². The number of benzene rings is 2. The fourth-order valence-corrected chi connectivity index (χ4v) is 6.75. The van der Waals surface area contributed by atoms with Crippen LogP contribution in [0.15, 0.2) is 73.2 Å². The van der Waals surface area contributed by atoms with Crippen molar-refractivity contribution >= 4 is 28.3 Å². The quantitative estimate of drug-likeness (QED) is 0.254. The number of aromatic hydroxyl groups is 1. The first-order valence-corrected chi connectivity index (χ1v) is 15.1. The normalized spacial score (nSPS) is 19.8. The molecule has 0 spiro atoms. The number of hydrogen-bond acceptors (Lipinski definition) is 6. The number of carboxylic acid groups (broad SMARTS) is 1. The number of carbonyl (C=O) groups is 2. The number of likely N-dealkylation sites (tertiary alicyclic amines) is 1. The number of carboxylic acids is 1. The van der Waals surface area contributed by atoms with E-state index in [1.165, 1.54) is 0 Å². The van der Waals surface area contributed by atoms with E-state index in [0.717, 1.165) is 52.6 Å². The summed E-state index contributed by atoms with van der Waals surface area (Å²) in [6.07, 6.45) is 8.34. The van der Waals surface area contributed by atoms with Gasteiger partial charge in [-0.25, -0.2) is 0 Å². The molecule has 9 nitrogen and oxygen atoms in total. The lowest BCUT2D eigenvalue weighted by Crippen LogP contribution is -2.45. The molecular formula is C34H38N4O5. The molecule has 1 fully saturated rings. The Morgan fingerprint density at radius 1 is 1.14 bits per heavy atom. The van der Waals surface area contributed by atoms with Gasteiger partial charge < -0.3 is 24.4 Å². The summed E-state index contributed by atoms with van der Waals surface area (Å²) in [6, 6.07) is 16.9. The van der Waals surface area contributed by atoms with E-state index in [4.69, 9.17) is 4.74 Å². The van der Waals surface area contributed by atoms with Crippen molar-refractivity contribution in [3.05, 3.63) is 84.3 Å². The zero-order valence-corrected chi connectivity index (χ0v) is 24.4. The number of ether oxygens (including phenoxy) is 1. The van der Waals surface area contributed by atoms with Gasteiger partial charge in [-0.15, -0.1) is 0 Å². The second-order valence-corrected chi connectivity index (χ2v) is 11.6. The Hall–Kier alpha value is -4.37. The summed E-state index contributed by atoms with van der Waals surface area (Å²) in [6.45, 7) is 4.25. The van der Waals surface area contributed by atoms with Crippen LogP contribution in [-0.4, -0.2) is 68.8 Å². The third-order valence-corrected chi connectivity index (χ3v) is 8.94. The molecule has 224 valence electrons. The van der Waals surface area contributed by atoms with Gasteiger partial charge in [0.05, 0.1) is 31.0 Å². The predicted octanol–water partition coefficient (Wildman–Crippen LogP) is 5.07. The van der Waals surface area contributed by atoms with E-state index in [0.29, 0.717) is 32.7 Å². The second-order valence-electron chi connectivity index (χ2n) is 11.6. The van der Waals surface area contributed by atoms with Gasteiger partial charge in [-0.2, -0.15) is 0 Å². The summed E-state index contributed by atoms with van der Waals surface area (Å²) in [5.74, 6) is -0.938. The number of aromatic nitrogens is 2. The Balaban J connectivity index is 1.31. The maximum absolute atomic E-state index is 13.9. The molecule has 2 aliphatic rings. The largest absolute Gasteiger partial charge is 0.494 e. The molecule has 0 saturated carbocycles. The van der Waals surface area contributed by atoms with Crippen molar-refractivity contribution in [2.45, 2.75) is 51.1 Å². The van der Waals surface area contributed by atoms with Crippen molar-refractivity contribution < 1.29 is 24.5 Å². The van der Waals surface area contributed by atoms with Gasteiger partial charge in [-0.05, 0) is 48.2 Å². The van der Waals surface area contributed by atoms with Crippen LogP contribution < -0.4 is 9.64 Å². The van der Waals surface area contributed by atoms with E-state index in [9.17, 15) is 19.8 Å². The number of rotatable bonds is 11. The first-order valence-electron chi connectivity index (χ1n) is 15.1. The Labute approximate surface area is 251 Å². The maximum atomic E-state index is 13.9. The van der Waals surface area contributed by atoms with Gasteiger partial charge in [0.25, 0.3) is 0 Å².